The number of benzene rings is 2. The molecule has 2 aromatic carbocycles. The molecule has 2 aromatic rings. The number of nitrogens with zero attached hydrogens (tertiary/aromatic N) is 1. The Labute approximate surface area is 213 Å². The molecule has 196 valence electrons. The number of carbonyl (C=O) groups is 2. The van der Waals surface area contributed by atoms with Crippen LogP contribution in [-0.2, 0) is 22.6 Å². The van der Waals surface area contributed by atoms with E-state index in [1.165, 1.54) is 0 Å². The van der Waals surface area contributed by atoms with Gasteiger partial charge in [-0.3, -0.25) is 10.3 Å². The normalized spacial score (nSPS) is 11.9. The van der Waals surface area contributed by atoms with Crippen molar-refractivity contribution in [2.75, 3.05) is 11.9 Å². The average molecular weight is 499 g/mol. The molecule has 0 aliphatic rings. The number of alkyl carbamates (subject to hydrolysis) is 2. The molecule has 0 fully saturated rings. The molecule has 9 nitrogen and oxygen atoms in total. The van der Waals surface area contributed by atoms with Gasteiger partial charge < -0.3 is 24.8 Å². The van der Waals surface area contributed by atoms with Crippen molar-refractivity contribution in [3.8, 4) is 5.75 Å². The summed E-state index contributed by atoms with van der Waals surface area (Å²) in [6, 6.07) is 15.2. The fourth-order valence-electron chi connectivity index (χ4n) is 2.96. The van der Waals surface area contributed by atoms with E-state index in [4.69, 9.17) is 14.2 Å². The first-order valence-electron chi connectivity index (χ1n) is 11.9. The predicted octanol–water partition coefficient (Wildman–Crippen LogP) is 5.60. The van der Waals surface area contributed by atoms with Crippen molar-refractivity contribution in [2.24, 2.45) is 4.99 Å². The van der Waals surface area contributed by atoms with E-state index in [1.807, 2.05) is 43.3 Å². The minimum Gasteiger partial charge on any atom is -0.489 e. The lowest BCUT2D eigenvalue weighted by atomic mass is 10.1. The van der Waals surface area contributed by atoms with Crippen molar-refractivity contribution in [2.45, 2.75) is 72.8 Å². The Kier molecular flexibility index (Phi) is 10.1. The van der Waals surface area contributed by atoms with Gasteiger partial charge in [0.05, 0.1) is 0 Å². The fraction of sp³-hybridized carbons (Fsp3) is 0.444. The second-order valence-corrected chi connectivity index (χ2v) is 10.0. The lowest BCUT2D eigenvalue weighted by Crippen LogP contribution is -2.40. The number of rotatable bonds is 7. The number of aliphatic imine (C=N–C) groups is 1. The van der Waals surface area contributed by atoms with Crippen molar-refractivity contribution < 1.29 is 23.8 Å². The molecule has 0 saturated heterocycles. The Balaban J connectivity index is 2.20. The van der Waals surface area contributed by atoms with E-state index >= 15 is 0 Å². The third-order valence-corrected chi connectivity index (χ3v) is 4.32. The Bertz CT molecular complexity index is 1040. The van der Waals surface area contributed by atoms with Gasteiger partial charge in [-0.25, -0.2) is 9.59 Å². The molecule has 0 radical (unpaired) electrons. The molecule has 0 atom stereocenters. The lowest BCUT2D eigenvalue weighted by molar-refractivity contribution is 0.0520. The highest BCUT2D eigenvalue weighted by molar-refractivity contribution is 6.02. The van der Waals surface area contributed by atoms with Crippen molar-refractivity contribution in [3.63, 3.8) is 0 Å². The maximum Gasteiger partial charge on any atom is 0.414 e. The third kappa shape index (κ3) is 11.1. The molecular formula is C27H38N4O5. The zero-order valence-corrected chi connectivity index (χ0v) is 22.2. The monoisotopic (exact) mass is 498 g/mol. The van der Waals surface area contributed by atoms with Gasteiger partial charge in [0, 0.05) is 24.3 Å². The number of guanidine groups is 1. The topological polar surface area (TPSA) is 110 Å². The molecule has 9 heteroatoms. The van der Waals surface area contributed by atoms with Crippen LogP contribution in [0.4, 0.5) is 15.3 Å². The summed E-state index contributed by atoms with van der Waals surface area (Å²) >= 11 is 0. The van der Waals surface area contributed by atoms with Gasteiger partial charge >= 0.3 is 12.2 Å². The number of nitrogens with one attached hydrogen (secondary N) is 3. The summed E-state index contributed by atoms with van der Waals surface area (Å²) in [5.41, 5.74) is 1.13. The molecule has 0 aromatic heterocycles. The zero-order valence-electron chi connectivity index (χ0n) is 22.2. The van der Waals surface area contributed by atoms with Gasteiger partial charge in [-0.1, -0.05) is 30.3 Å². The van der Waals surface area contributed by atoms with E-state index < -0.39 is 23.4 Å². The van der Waals surface area contributed by atoms with Gasteiger partial charge in [0.1, 0.15) is 23.6 Å². The number of hydrogen-bond acceptors (Lipinski definition) is 6. The minimum absolute atomic E-state index is 0.175. The van der Waals surface area contributed by atoms with E-state index in [1.54, 1.807) is 53.7 Å². The van der Waals surface area contributed by atoms with Gasteiger partial charge in [-0.2, -0.15) is 0 Å². The van der Waals surface area contributed by atoms with Crippen molar-refractivity contribution >= 4 is 23.8 Å². The molecule has 3 N–H and O–H groups in total. The van der Waals surface area contributed by atoms with Crippen LogP contribution in [0.25, 0.3) is 0 Å². The Morgan fingerprint density at radius 2 is 1.53 bits per heavy atom. The van der Waals surface area contributed by atoms with Crippen LogP contribution in [0.2, 0.25) is 0 Å². The highest BCUT2D eigenvalue weighted by atomic mass is 16.6. The van der Waals surface area contributed by atoms with E-state index in [9.17, 15) is 9.59 Å². The van der Waals surface area contributed by atoms with E-state index in [0.717, 1.165) is 11.1 Å². The second-order valence-electron chi connectivity index (χ2n) is 10.0. The summed E-state index contributed by atoms with van der Waals surface area (Å²) in [4.78, 5) is 28.8. The largest absolute Gasteiger partial charge is 0.489 e. The quantitative estimate of drug-likeness (QED) is 0.338. The maximum absolute atomic E-state index is 12.2. The van der Waals surface area contributed by atoms with Crippen LogP contribution >= 0.6 is 0 Å². The average Bonchev–Trinajstić information content (AvgIpc) is 2.75. The van der Waals surface area contributed by atoms with E-state index in [-0.39, 0.29) is 12.5 Å². The molecule has 2 amide bonds. The lowest BCUT2D eigenvalue weighted by Gasteiger charge is -2.21. The first-order chi connectivity index (χ1) is 16.8. The van der Waals surface area contributed by atoms with Gasteiger partial charge in [-0.05, 0) is 72.2 Å². The molecule has 0 unspecified atom stereocenters. The van der Waals surface area contributed by atoms with E-state index in [2.05, 4.69) is 20.9 Å². The molecule has 0 aliphatic heterocycles. The summed E-state index contributed by atoms with van der Waals surface area (Å²) in [6.45, 7) is 13.6. The van der Waals surface area contributed by atoms with Crippen molar-refractivity contribution in [3.05, 3.63) is 59.7 Å². The molecular weight excluding hydrogens is 460 g/mol. The Morgan fingerprint density at radius 3 is 2.14 bits per heavy atom. The van der Waals surface area contributed by atoms with Crippen molar-refractivity contribution in [1.82, 2.24) is 10.6 Å². The summed E-state index contributed by atoms with van der Waals surface area (Å²) in [7, 11) is 0. The molecule has 0 saturated carbocycles. The third-order valence-electron chi connectivity index (χ3n) is 4.32. The molecule has 0 heterocycles. The smallest absolute Gasteiger partial charge is 0.414 e. The zero-order chi connectivity index (χ0) is 26.8. The highest BCUT2D eigenvalue weighted by Gasteiger charge is 2.19. The van der Waals surface area contributed by atoms with Crippen LogP contribution in [-0.4, -0.2) is 35.9 Å². The molecule has 0 aliphatic carbocycles. The van der Waals surface area contributed by atoms with Gasteiger partial charge in [-0.15, -0.1) is 0 Å². The Hall–Kier alpha value is -3.75. The summed E-state index contributed by atoms with van der Waals surface area (Å²) < 4.78 is 16.7. The van der Waals surface area contributed by atoms with Crippen LogP contribution in [0.3, 0.4) is 0 Å². The van der Waals surface area contributed by atoms with Crippen LogP contribution in [0.1, 0.15) is 59.6 Å². The fourth-order valence-corrected chi connectivity index (χ4v) is 2.96. The van der Waals surface area contributed by atoms with Gasteiger partial charge in [0.25, 0.3) is 0 Å². The molecule has 36 heavy (non-hydrogen) atoms. The molecule has 2 rings (SSSR count). The number of carbonyl (C=O) groups excluding carboxylic acids is 2. The SMILES string of the molecule is CCN=C(NC(=O)OC(C)(C)C)Nc1ccc(OCc2ccccc2)c(CNC(=O)OC(C)(C)C)c1. The number of ether oxygens (including phenoxy) is 3. The number of amides is 2. The standard InChI is InChI=1S/C27H38N4O5/c1-8-28-23(31-25(33)36-27(5,6)7)30-21-14-15-22(34-18-19-12-10-9-11-13-19)20(16-21)17-29-24(32)35-26(2,3)4/h9-16H,8,17-18H2,1-7H3,(H,29,32)(H2,28,30,31,33). The van der Waals surface area contributed by atoms with E-state index in [0.29, 0.717) is 24.6 Å². The van der Waals surface area contributed by atoms with Gasteiger partial charge in [0.15, 0.2) is 0 Å². The van der Waals surface area contributed by atoms with Crippen molar-refractivity contribution in [1.29, 1.82) is 0 Å². The van der Waals surface area contributed by atoms with Gasteiger partial charge in [0.2, 0.25) is 5.96 Å². The summed E-state index contributed by atoms with van der Waals surface area (Å²) in [5, 5.41) is 8.51. The first kappa shape index (κ1) is 28.5. The number of hydrogen-bond donors (Lipinski definition) is 3. The van der Waals surface area contributed by atoms with Crippen LogP contribution < -0.4 is 20.7 Å². The van der Waals surface area contributed by atoms with Crippen LogP contribution in [0.5, 0.6) is 5.75 Å². The maximum atomic E-state index is 12.2. The minimum atomic E-state index is -0.639. The highest BCUT2D eigenvalue weighted by Crippen LogP contribution is 2.24. The molecule has 0 spiro atoms. The number of anilines is 1. The summed E-state index contributed by atoms with van der Waals surface area (Å²) in [6.07, 6.45) is -1.15. The molecule has 0 bridgehead atoms. The first-order valence-corrected chi connectivity index (χ1v) is 11.9. The summed E-state index contributed by atoms with van der Waals surface area (Å²) in [5.74, 6) is 0.852. The Morgan fingerprint density at radius 1 is 0.889 bits per heavy atom. The second kappa shape index (κ2) is 12.8. The van der Waals surface area contributed by atoms with Crippen LogP contribution in [0, 0.1) is 0 Å². The van der Waals surface area contributed by atoms with Crippen LogP contribution in [0.15, 0.2) is 53.5 Å². The predicted molar refractivity (Wildman–Crippen MR) is 141 cm³/mol.